The van der Waals surface area contributed by atoms with Gasteiger partial charge in [0.15, 0.2) is 5.78 Å². The van der Waals surface area contributed by atoms with Gasteiger partial charge in [-0.05, 0) is 25.1 Å². The lowest BCUT2D eigenvalue weighted by molar-refractivity contribution is 0.101. The first-order valence-electron chi connectivity index (χ1n) is 6.80. The third-order valence-corrected chi connectivity index (χ3v) is 3.57. The highest BCUT2D eigenvalue weighted by Crippen LogP contribution is 2.33. The normalized spacial score (nSPS) is 16.2. The van der Waals surface area contributed by atoms with Crippen LogP contribution in [-0.4, -0.2) is 19.0 Å². The molecule has 21 heavy (non-hydrogen) atoms. The van der Waals surface area contributed by atoms with Gasteiger partial charge in [-0.15, -0.1) is 0 Å². The third kappa shape index (κ3) is 2.75. The predicted octanol–water partition coefficient (Wildman–Crippen LogP) is 3.58. The third-order valence-electron chi connectivity index (χ3n) is 3.57. The summed E-state index contributed by atoms with van der Waals surface area (Å²) in [7, 11) is 0. The molecule has 0 spiro atoms. The van der Waals surface area contributed by atoms with Crippen molar-refractivity contribution in [3.8, 4) is 11.5 Å². The van der Waals surface area contributed by atoms with Crippen LogP contribution in [-0.2, 0) is 0 Å². The molecule has 1 atom stereocenters. The Morgan fingerprint density at radius 2 is 2.14 bits per heavy atom. The van der Waals surface area contributed by atoms with Gasteiger partial charge < -0.3 is 9.47 Å². The van der Waals surface area contributed by atoms with Crippen LogP contribution < -0.4 is 9.47 Å². The number of carbonyl (C=O) groups is 1. The molecule has 0 aromatic heterocycles. The molecule has 0 bridgehead atoms. The largest absolute Gasteiger partial charge is 0.493 e. The van der Waals surface area contributed by atoms with Crippen LogP contribution in [0.4, 0.5) is 4.39 Å². The van der Waals surface area contributed by atoms with Crippen LogP contribution in [0.2, 0.25) is 0 Å². The van der Waals surface area contributed by atoms with Crippen molar-refractivity contribution >= 4 is 5.78 Å². The zero-order chi connectivity index (χ0) is 14.8. The lowest BCUT2D eigenvalue weighted by atomic mass is 10.0. The van der Waals surface area contributed by atoms with E-state index >= 15 is 0 Å². The molecular weight excluding hydrogens is 271 g/mol. The first-order valence-corrected chi connectivity index (χ1v) is 6.80. The molecule has 3 rings (SSSR count). The maximum Gasteiger partial charge on any atom is 0.162 e. The molecule has 0 N–H and O–H groups in total. The Hall–Kier alpha value is -2.36. The SMILES string of the molecule is CC(=O)c1ccc(OCC2COc3ccccc32)cc1F. The van der Waals surface area contributed by atoms with Crippen molar-refractivity contribution in [3.63, 3.8) is 0 Å². The van der Waals surface area contributed by atoms with E-state index in [1.54, 1.807) is 6.07 Å². The zero-order valence-electron chi connectivity index (χ0n) is 11.6. The molecule has 3 nitrogen and oxygen atoms in total. The van der Waals surface area contributed by atoms with Crippen molar-refractivity contribution in [1.29, 1.82) is 0 Å². The van der Waals surface area contributed by atoms with Crippen LogP contribution >= 0.6 is 0 Å². The molecule has 0 aliphatic carbocycles. The van der Waals surface area contributed by atoms with E-state index in [2.05, 4.69) is 0 Å². The number of rotatable bonds is 4. The second-order valence-corrected chi connectivity index (χ2v) is 5.05. The van der Waals surface area contributed by atoms with Crippen LogP contribution in [0.15, 0.2) is 42.5 Å². The van der Waals surface area contributed by atoms with E-state index in [-0.39, 0.29) is 17.3 Å². The van der Waals surface area contributed by atoms with Crippen molar-refractivity contribution in [1.82, 2.24) is 0 Å². The average molecular weight is 286 g/mol. The maximum atomic E-state index is 13.7. The van der Waals surface area contributed by atoms with Crippen molar-refractivity contribution in [2.75, 3.05) is 13.2 Å². The van der Waals surface area contributed by atoms with Crippen molar-refractivity contribution < 1.29 is 18.7 Å². The summed E-state index contributed by atoms with van der Waals surface area (Å²) >= 11 is 0. The summed E-state index contributed by atoms with van der Waals surface area (Å²) in [6.45, 7) is 2.31. The van der Waals surface area contributed by atoms with Gasteiger partial charge in [-0.3, -0.25) is 4.79 Å². The molecule has 0 amide bonds. The lowest BCUT2D eigenvalue weighted by Crippen LogP contribution is -2.12. The summed E-state index contributed by atoms with van der Waals surface area (Å²) in [6, 6.07) is 12.1. The Labute approximate surface area is 122 Å². The Bertz CT molecular complexity index is 681. The molecule has 0 fully saturated rings. The zero-order valence-corrected chi connectivity index (χ0v) is 11.6. The molecule has 0 radical (unpaired) electrons. The summed E-state index contributed by atoms with van der Waals surface area (Å²) in [6.07, 6.45) is 0. The molecular formula is C17H15FO3. The van der Waals surface area contributed by atoms with Gasteiger partial charge in [0.1, 0.15) is 17.3 Å². The molecule has 1 aliphatic rings. The molecule has 108 valence electrons. The van der Waals surface area contributed by atoms with Gasteiger partial charge in [0.05, 0.1) is 24.7 Å². The summed E-state index contributed by atoms with van der Waals surface area (Å²) in [4.78, 5) is 11.2. The van der Waals surface area contributed by atoms with Crippen molar-refractivity contribution in [2.45, 2.75) is 12.8 Å². The topological polar surface area (TPSA) is 35.5 Å². The maximum absolute atomic E-state index is 13.7. The van der Waals surface area contributed by atoms with Gasteiger partial charge in [-0.2, -0.15) is 0 Å². The molecule has 0 saturated heterocycles. The average Bonchev–Trinajstić information content (AvgIpc) is 2.88. The molecule has 1 heterocycles. The minimum Gasteiger partial charge on any atom is -0.493 e. The summed E-state index contributed by atoms with van der Waals surface area (Å²) in [5, 5.41) is 0. The van der Waals surface area contributed by atoms with Crippen LogP contribution in [0.1, 0.15) is 28.8 Å². The summed E-state index contributed by atoms with van der Waals surface area (Å²) in [5.41, 5.74) is 1.19. The van der Waals surface area contributed by atoms with Crippen LogP contribution in [0.25, 0.3) is 0 Å². The van der Waals surface area contributed by atoms with Crippen molar-refractivity contribution in [2.24, 2.45) is 0 Å². The molecule has 1 aliphatic heterocycles. The first kappa shape index (κ1) is 13.6. The van der Waals surface area contributed by atoms with Crippen LogP contribution in [0.3, 0.4) is 0 Å². The number of hydrogen-bond acceptors (Lipinski definition) is 3. The van der Waals surface area contributed by atoms with Crippen molar-refractivity contribution in [3.05, 3.63) is 59.4 Å². The second-order valence-electron chi connectivity index (χ2n) is 5.05. The smallest absolute Gasteiger partial charge is 0.162 e. The minimum atomic E-state index is -0.553. The van der Waals surface area contributed by atoms with Gasteiger partial charge in [0, 0.05) is 11.6 Å². The molecule has 4 heteroatoms. The summed E-state index contributed by atoms with van der Waals surface area (Å²) < 4.78 is 24.9. The lowest BCUT2D eigenvalue weighted by Gasteiger charge is -2.12. The Kier molecular flexibility index (Phi) is 3.60. The predicted molar refractivity (Wildman–Crippen MR) is 76.6 cm³/mol. The van der Waals surface area contributed by atoms with E-state index in [4.69, 9.17) is 9.47 Å². The van der Waals surface area contributed by atoms with E-state index < -0.39 is 5.82 Å². The standard InChI is InChI=1S/C17H15FO3/c1-11(19)14-7-6-13(8-16(14)18)20-9-12-10-21-17-5-3-2-4-15(12)17/h2-8,12H,9-10H2,1H3. The highest BCUT2D eigenvalue weighted by atomic mass is 19.1. The Morgan fingerprint density at radius 3 is 2.90 bits per heavy atom. The van der Waals surface area contributed by atoms with E-state index in [9.17, 15) is 9.18 Å². The number of ether oxygens (including phenoxy) is 2. The van der Waals surface area contributed by atoms with E-state index in [1.165, 1.54) is 19.1 Å². The first-order chi connectivity index (χ1) is 10.1. The Morgan fingerprint density at radius 1 is 1.33 bits per heavy atom. The highest BCUT2D eigenvalue weighted by molar-refractivity contribution is 5.94. The van der Waals surface area contributed by atoms with Gasteiger partial charge in [-0.1, -0.05) is 18.2 Å². The molecule has 2 aromatic rings. The Balaban J connectivity index is 1.69. The quantitative estimate of drug-likeness (QED) is 0.806. The van der Waals surface area contributed by atoms with Gasteiger partial charge in [0.25, 0.3) is 0 Å². The molecule has 1 unspecified atom stereocenters. The van der Waals surface area contributed by atoms with E-state index in [0.29, 0.717) is 19.0 Å². The number of Topliss-reactive ketones (excluding diaryl/α,β-unsaturated/α-hetero) is 1. The van der Waals surface area contributed by atoms with E-state index in [1.807, 2.05) is 24.3 Å². The van der Waals surface area contributed by atoms with Gasteiger partial charge >= 0.3 is 0 Å². The van der Waals surface area contributed by atoms with Gasteiger partial charge in [-0.25, -0.2) is 4.39 Å². The fourth-order valence-electron chi connectivity index (χ4n) is 2.44. The number of fused-ring (bicyclic) bond motifs is 1. The fraction of sp³-hybridized carbons (Fsp3) is 0.235. The highest BCUT2D eigenvalue weighted by Gasteiger charge is 2.24. The summed E-state index contributed by atoms with van der Waals surface area (Å²) in [5.74, 6) is 0.586. The number of hydrogen-bond donors (Lipinski definition) is 0. The second kappa shape index (κ2) is 5.56. The number of halogens is 1. The number of benzene rings is 2. The molecule has 0 saturated carbocycles. The fourth-order valence-corrected chi connectivity index (χ4v) is 2.44. The minimum absolute atomic E-state index is 0.0805. The number of carbonyl (C=O) groups excluding carboxylic acids is 1. The number of para-hydroxylation sites is 1. The van der Waals surface area contributed by atoms with Gasteiger partial charge in [0.2, 0.25) is 0 Å². The molecule has 2 aromatic carbocycles. The van der Waals surface area contributed by atoms with Crippen LogP contribution in [0, 0.1) is 5.82 Å². The van der Waals surface area contributed by atoms with E-state index in [0.717, 1.165) is 11.3 Å². The monoisotopic (exact) mass is 286 g/mol. The van der Waals surface area contributed by atoms with Crippen LogP contribution in [0.5, 0.6) is 11.5 Å². The number of ketones is 1.